The minimum atomic E-state index is -3.76. The fourth-order valence-electron chi connectivity index (χ4n) is 1.33. The van der Waals surface area contributed by atoms with Crippen molar-refractivity contribution in [3.8, 4) is 0 Å². The van der Waals surface area contributed by atoms with E-state index in [1.54, 1.807) is 0 Å². The van der Waals surface area contributed by atoms with Crippen LogP contribution in [-0.2, 0) is 10.0 Å². The number of nitrogens with one attached hydrogen (secondary N) is 1. The summed E-state index contributed by atoms with van der Waals surface area (Å²) in [5, 5.41) is 0. The third kappa shape index (κ3) is 2.75. The van der Waals surface area contributed by atoms with E-state index in [1.807, 2.05) is 0 Å². The monoisotopic (exact) mass is 267 g/mol. The molecule has 1 aromatic heterocycles. The van der Waals surface area contributed by atoms with Crippen molar-refractivity contribution < 1.29 is 12.8 Å². The lowest BCUT2D eigenvalue weighted by Gasteiger charge is -2.07. The maximum Gasteiger partial charge on any atom is 0.261 e. The highest BCUT2D eigenvalue weighted by Crippen LogP contribution is 2.16. The highest BCUT2D eigenvalue weighted by Gasteiger charge is 2.14. The van der Waals surface area contributed by atoms with E-state index in [9.17, 15) is 12.8 Å². The maximum absolute atomic E-state index is 12.9. The normalized spacial score (nSPS) is 11.2. The van der Waals surface area contributed by atoms with Crippen LogP contribution in [0.5, 0.6) is 0 Å². The minimum Gasteiger partial charge on any atom is -0.399 e. The van der Waals surface area contributed by atoms with Gasteiger partial charge in [-0.1, -0.05) is 0 Å². The van der Waals surface area contributed by atoms with Crippen molar-refractivity contribution in [2.45, 2.75) is 4.90 Å². The van der Waals surface area contributed by atoms with Crippen molar-refractivity contribution in [2.24, 2.45) is 0 Å². The van der Waals surface area contributed by atoms with Crippen LogP contribution in [-0.4, -0.2) is 13.4 Å². The van der Waals surface area contributed by atoms with Crippen molar-refractivity contribution in [1.82, 2.24) is 4.98 Å². The first kappa shape index (κ1) is 12.3. The molecule has 0 spiro atoms. The zero-order valence-corrected chi connectivity index (χ0v) is 9.99. The first-order valence-electron chi connectivity index (χ1n) is 4.96. The average Bonchev–Trinajstić information content (AvgIpc) is 2.29. The topological polar surface area (TPSA) is 85.1 Å². The molecule has 0 unspecified atom stereocenters. The van der Waals surface area contributed by atoms with Gasteiger partial charge in [-0.25, -0.2) is 12.8 Å². The molecule has 1 aromatic carbocycles. The van der Waals surface area contributed by atoms with Crippen molar-refractivity contribution in [2.75, 3.05) is 10.5 Å². The Balaban J connectivity index is 2.30. The standard InChI is InChI=1S/C11H10FN3O2S/c12-8-5-10(7-14-6-8)15-18(16,17)11-3-1-9(13)2-4-11/h1-7,15H,13H2. The lowest BCUT2D eigenvalue weighted by molar-refractivity contribution is 0.601. The van der Waals surface area contributed by atoms with Crippen LogP contribution in [0.2, 0.25) is 0 Å². The lowest BCUT2D eigenvalue weighted by atomic mass is 10.3. The van der Waals surface area contributed by atoms with E-state index in [1.165, 1.54) is 30.5 Å². The number of hydrogen-bond acceptors (Lipinski definition) is 4. The Morgan fingerprint density at radius 3 is 2.44 bits per heavy atom. The van der Waals surface area contributed by atoms with Gasteiger partial charge in [0.1, 0.15) is 5.82 Å². The second kappa shape index (κ2) is 4.61. The predicted molar refractivity (Wildman–Crippen MR) is 65.9 cm³/mol. The van der Waals surface area contributed by atoms with Gasteiger partial charge in [0.05, 0.1) is 23.0 Å². The van der Waals surface area contributed by atoms with Crippen LogP contribution >= 0.6 is 0 Å². The Hall–Kier alpha value is -2.15. The van der Waals surface area contributed by atoms with Crippen LogP contribution in [0.25, 0.3) is 0 Å². The van der Waals surface area contributed by atoms with Crippen LogP contribution in [0.15, 0.2) is 47.6 Å². The zero-order valence-electron chi connectivity index (χ0n) is 9.17. The number of sulfonamides is 1. The number of hydrogen-bond donors (Lipinski definition) is 2. The van der Waals surface area contributed by atoms with E-state index in [0.717, 1.165) is 12.3 Å². The SMILES string of the molecule is Nc1ccc(S(=O)(=O)Nc2cncc(F)c2)cc1. The summed E-state index contributed by atoms with van der Waals surface area (Å²) in [6.07, 6.45) is 2.21. The Morgan fingerprint density at radius 1 is 1.17 bits per heavy atom. The molecule has 18 heavy (non-hydrogen) atoms. The van der Waals surface area contributed by atoms with E-state index in [4.69, 9.17) is 5.73 Å². The van der Waals surface area contributed by atoms with E-state index >= 15 is 0 Å². The number of nitrogens with two attached hydrogens (primary N) is 1. The maximum atomic E-state index is 12.9. The van der Waals surface area contributed by atoms with E-state index in [0.29, 0.717) is 5.69 Å². The summed E-state index contributed by atoms with van der Waals surface area (Å²) in [5.41, 5.74) is 5.99. The van der Waals surface area contributed by atoms with Gasteiger partial charge < -0.3 is 5.73 Å². The number of rotatable bonds is 3. The first-order chi connectivity index (χ1) is 8.47. The van der Waals surface area contributed by atoms with Crippen LogP contribution in [0.3, 0.4) is 0 Å². The summed E-state index contributed by atoms with van der Waals surface area (Å²) >= 11 is 0. The van der Waals surface area contributed by atoms with E-state index < -0.39 is 15.8 Å². The van der Waals surface area contributed by atoms with Crippen molar-refractivity contribution in [3.63, 3.8) is 0 Å². The number of halogens is 1. The Morgan fingerprint density at radius 2 is 1.83 bits per heavy atom. The summed E-state index contributed by atoms with van der Waals surface area (Å²) < 4.78 is 39.0. The summed E-state index contributed by atoms with van der Waals surface area (Å²) in [7, 11) is -3.76. The average molecular weight is 267 g/mol. The molecule has 7 heteroatoms. The second-order valence-corrected chi connectivity index (χ2v) is 5.25. The molecule has 0 aliphatic carbocycles. The molecule has 1 heterocycles. The third-order valence-corrected chi connectivity index (χ3v) is 3.54. The van der Waals surface area contributed by atoms with E-state index in [2.05, 4.69) is 9.71 Å². The lowest BCUT2D eigenvalue weighted by Crippen LogP contribution is -2.13. The Kier molecular flexibility index (Phi) is 3.15. The summed E-state index contributed by atoms with van der Waals surface area (Å²) in [5.74, 6) is -0.618. The summed E-state index contributed by atoms with van der Waals surface area (Å²) in [4.78, 5) is 3.60. The molecule has 3 N–H and O–H groups in total. The summed E-state index contributed by atoms with van der Waals surface area (Å²) in [6.45, 7) is 0. The third-order valence-electron chi connectivity index (χ3n) is 2.15. The van der Waals surface area contributed by atoms with Gasteiger partial charge in [0.25, 0.3) is 10.0 Å². The fourth-order valence-corrected chi connectivity index (χ4v) is 2.36. The molecule has 0 fully saturated rings. The number of aromatic nitrogens is 1. The van der Waals surface area contributed by atoms with Crippen molar-refractivity contribution >= 4 is 21.4 Å². The Bertz CT molecular complexity index is 656. The largest absolute Gasteiger partial charge is 0.399 e. The molecule has 94 valence electrons. The quantitative estimate of drug-likeness (QED) is 0.827. The molecule has 5 nitrogen and oxygen atoms in total. The van der Waals surface area contributed by atoms with Crippen molar-refractivity contribution in [1.29, 1.82) is 0 Å². The van der Waals surface area contributed by atoms with Gasteiger partial charge >= 0.3 is 0 Å². The smallest absolute Gasteiger partial charge is 0.261 e. The Labute approximate surface area is 104 Å². The fraction of sp³-hybridized carbons (Fsp3) is 0. The molecule has 0 saturated heterocycles. The molecule has 0 aliphatic rings. The van der Waals surface area contributed by atoms with Gasteiger partial charge in [-0.05, 0) is 24.3 Å². The van der Waals surface area contributed by atoms with E-state index in [-0.39, 0.29) is 10.6 Å². The molecule has 0 saturated carbocycles. The van der Waals surface area contributed by atoms with Crippen molar-refractivity contribution in [3.05, 3.63) is 48.5 Å². The van der Waals surface area contributed by atoms with Gasteiger partial charge in [-0.2, -0.15) is 0 Å². The van der Waals surface area contributed by atoms with Crippen LogP contribution in [0.4, 0.5) is 15.8 Å². The number of pyridine rings is 1. The molecule has 2 aromatic rings. The van der Waals surface area contributed by atoms with Gasteiger partial charge in [0.15, 0.2) is 0 Å². The van der Waals surface area contributed by atoms with Crippen LogP contribution in [0, 0.1) is 5.82 Å². The highest BCUT2D eigenvalue weighted by molar-refractivity contribution is 7.92. The van der Waals surface area contributed by atoms with Gasteiger partial charge in [-0.15, -0.1) is 0 Å². The highest BCUT2D eigenvalue weighted by atomic mass is 32.2. The first-order valence-corrected chi connectivity index (χ1v) is 6.44. The van der Waals surface area contributed by atoms with Crippen LogP contribution < -0.4 is 10.5 Å². The number of nitrogens with zero attached hydrogens (tertiary/aromatic N) is 1. The number of benzene rings is 1. The van der Waals surface area contributed by atoms with Gasteiger partial charge in [0.2, 0.25) is 0 Å². The molecule has 2 rings (SSSR count). The molecule has 0 atom stereocenters. The van der Waals surface area contributed by atoms with Gasteiger partial charge in [-0.3, -0.25) is 9.71 Å². The second-order valence-electron chi connectivity index (χ2n) is 3.57. The predicted octanol–water partition coefficient (Wildman–Crippen LogP) is 1.60. The zero-order chi connectivity index (χ0) is 13.2. The number of nitrogen functional groups attached to an aromatic ring is 1. The molecular formula is C11H10FN3O2S. The summed E-state index contributed by atoms with van der Waals surface area (Å²) in [6, 6.07) is 6.72. The number of anilines is 2. The molecule has 0 bridgehead atoms. The van der Waals surface area contributed by atoms with Crippen LogP contribution in [0.1, 0.15) is 0 Å². The molecule has 0 amide bonds. The van der Waals surface area contributed by atoms with Gasteiger partial charge in [0, 0.05) is 11.8 Å². The minimum absolute atomic E-state index is 0.0426. The molecular weight excluding hydrogens is 257 g/mol. The molecule has 0 aliphatic heterocycles. The molecule has 0 radical (unpaired) electrons.